The van der Waals surface area contributed by atoms with E-state index in [1.165, 1.54) is 22.3 Å². The van der Waals surface area contributed by atoms with E-state index in [-0.39, 0.29) is 0 Å². The third kappa shape index (κ3) is 2.40. The average Bonchev–Trinajstić information content (AvgIpc) is 2.95. The van der Waals surface area contributed by atoms with Crippen molar-refractivity contribution in [2.45, 2.75) is 26.9 Å². The minimum atomic E-state index is 0.317. The summed E-state index contributed by atoms with van der Waals surface area (Å²) in [5.41, 5.74) is 5.05. The molecule has 2 aromatic rings. The Labute approximate surface area is 130 Å². The van der Waals surface area contributed by atoms with Gasteiger partial charge in [0.2, 0.25) is 6.79 Å². The molecule has 0 N–H and O–H groups in total. The number of aryl methyl sites for hydroxylation is 2. The van der Waals surface area contributed by atoms with E-state index in [0.29, 0.717) is 13.5 Å². The second-order valence-corrected chi connectivity index (χ2v) is 6.01. The third-order valence-corrected chi connectivity index (χ3v) is 4.20. The molecule has 0 spiro atoms. The second-order valence-electron chi connectivity index (χ2n) is 6.01. The Bertz CT molecular complexity index is 727. The molecule has 0 aromatic heterocycles. The van der Waals surface area contributed by atoms with Gasteiger partial charge in [-0.1, -0.05) is 12.1 Å². The van der Waals surface area contributed by atoms with Crippen molar-refractivity contribution in [3.05, 3.63) is 52.6 Å². The van der Waals surface area contributed by atoms with Crippen molar-refractivity contribution < 1.29 is 14.2 Å². The monoisotopic (exact) mass is 297 g/mol. The highest BCUT2D eigenvalue weighted by Crippen LogP contribution is 2.34. The molecule has 0 saturated heterocycles. The first-order valence-electron chi connectivity index (χ1n) is 7.53. The van der Waals surface area contributed by atoms with Crippen LogP contribution in [0, 0.1) is 13.8 Å². The Balaban J connectivity index is 1.53. The van der Waals surface area contributed by atoms with Gasteiger partial charge in [-0.2, -0.15) is 0 Å². The van der Waals surface area contributed by atoms with Crippen LogP contribution in [0.4, 0.5) is 0 Å². The maximum atomic E-state index is 5.93. The van der Waals surface area contributed by atoms with Gasteiger partial charge in [-0.05, 0) is 48.7 Å². The molecule has 4 heteroatoms. The maximum Gasteiger partial charge on any atom is 0.231 e. The Kier molecular flexibility index (Phi) is 3.19. The number of fused-ring (bicyclic) bond motifs is 2. The predicted molar refractivity (Wildman–Crippen MR) is 83.2 cm³/mol. The van der Waals surface area contributed by atoms with Gasteiger partial charge in [-0.15, -0.1) is 0 Å². The minimum absolute atomic E-state index is 0.317. The van der Waals surface area contributed by atoms with Crippen molar-refractivity contribution in [2.24, 2.45) is 0 Å². The van der Waals surface area contributed by atoms with E-state index in [0.717, 1.165) is 30.3 Å². The van der Waals surface area contributed by atoms with Crippen molar-refractivity contribution in [1.29, 1.82) is 0 Å². The predicted octanol–water partition coefficient (Wildman–Crippen LogP) is 3.38. The molecule has 4 nitrogen and oxygen atoms in total. The van der Waals surface area contributed by atoms with Crippen LogP contribution in [0.5, 0.6) is 17.2 Å². The van der Waals surface area contributed by atoms with E-state index in [2.05, 4.69) is 43.0 Å². The minimum Gasteiger partial charge on any atom is -0.478 e. The molecule has 0 bridgehead atoms. The normalized spacial score (nSPS) is 16.3. The van der Waals surface area contributed by atoms with Crippen molar-refractivity contribution in [1.82, 2.24) is 4.90 Å². The highest BCUT2D eigenvalue weighted by Gasteiger charge is 2.20. The van der Waals surface area contributed by atoms with Gasteiger partial charge in [0.1, 0.15) is 12.5 Å². The van der Waals surface area contributed by atoms with Crippen molar-refractivity contribution in [3.63, 3.8) is 0 Å². The average molecular weight is 297 g/mol. The number of ether oxygens (including phenoxy) is 3. The first-order valence-corrected chi connectivity index (χ1v) is 7.53. The molecule has 2 heterocycles. The van der Waals surface area contributed by atoms with Crippen LogP contribution in [0.25, 0.3) is 0 Å². The molecule has 2 aromatic carbocycles. The molecular weight excluding hydrogens is 278 g/mol. The van der Waals surface area contributed by atoms with Crippen molar-refractivity contribution in [3.8, 4) is 17.2 Å². The lowest BCUT2D eigenvalue weighted by atomic mass is 10.0. The summed E-state index contributed by atoms with van der Waals surface area (Å²) >= 11 is 0. The summed E-state index contributed by atoms with van der Waals surface area (Å²) in [6, 6.07) is 10.5. The maximum absolute atomic E-state index is 5.93. The smallest absolute Gasteiger partial charge is 0.231 e. The Morgan fingerprint density at radius 2 is 1.82 bits per heavy atom. The molecule has 4 rings (SSSR count). The van der Waals surface area contributed by atoms with E-state index < -0.39 is 0 Å². The lowest BCUT2D eigenvalue weighted by Gasteiger charge is -2.30. The molecule has 0 amide bonds. The largest absolute Gasteiger partial charge is 0.478 e. The molecule has 0 aliphatic carbocycles. The standard InChI is InChI=1S/C18H19NO3/c1-12-5-13(2)15-9-19(10-20-17(15)6-12)8-14-3-4-16-18(7-14)22-11-21-16/h3-7H,8-11H2,1-2H3. The molecule has 0 unspecified atom stereocenters. The summed E-state index contributed by atoms with van der Waals surface area (Å²) in [6.07, 6.45) is 0. The van der Waals surface area contributed by atoms with Crippen LogP contribution in [0.3, 0.4) is 0 Å². The molecule has 0 fully saturated rings. The van der Waals surface area contributed by atoms with E-state index in [9.17, 15) is 0 Å². The van der Waals surface area contributed by atoms with Crippen LogP contribution < -0.4 is 14.2 Å². The second kappa shape index (κ2) is 5.21. The van der Waals surface area contributed by atoms with Gasteiger partial charge < -0.3 is 14.2 Å². The van der Waals surface area contributed by atoms with Gasteiger partial charge in [0.05, 0.1) is 0 Å². The number of rotatable bonds is 2. The lowest BCUT2D eigenvalue weighted by Crippen LogP contribution is -2.32. The molecule has 2 aliphatic rings. The van der Waals surface area contributed by atoms with Crippen LogP contribution in [0.2, 0.25) is 0 Å². The number of hydrogen-bond donors (Lipinski definition) is 0. The summed E-state index contributed by atoms with van der Waals surface area (Å²) < 4.78 is 16.7. The fourth-order valence-electron chi connectivity index (χ4n) is 3.12. The summed E-state index contributed by atoms with van der Waals surface area (Å²) in [4.78, 5) is 2.29. The quantitative estimate of drug-likeness (QED) is 0.850. The van der Waals surface area contributed by atoms with Gasteiger partial charge in [0.25, 0.3) is 0 Å². The summed E-state index contributed by atoms with van der Waals surface area (Å²) in [5, 5.41) is 0. The SMILES string of the molecule is Cc1cc(C)c2c(c1)OCN(Cc1ccc3c(c1)OCO3)C2. The molecule has 0 atom stereocenters. The molecule has 2 aliphatic heterocycles. The van der Waals surface area contributed by atoms with Crippen LogP contribution in [0.1, 0.15) is 22.3 Å². The molecular formula is C18H19NO3. The highest BCUT2D eigenvalue weighted by molar-refractivity contribution is 5.45. The van der Waals surface area contributed by atoms with Gasteiger partial charge >= 0.3 is 0 Å². The molecule has 0 saturated carbocycles. The number of benzene rings is 2. The van der Waals surface area contributed by atoms with Crippen molar-refractivity contribution in [2.75, 3.05) is 13.5 Å². The third-order valence-electron chi connectivity index (χ3n) is 4.20. The molecule has 114 valence electrons. The molecule has 22 heavy (non-hydrogen) atoms. The van der Waals surface area contributed by atoms with Crippen LogP contribution in [-0.2, 0) is 13.1 Å². The zero-order valence-electron chi connectivity index (χ0n) is 12.9. The lowest BCUT2D eigenvalue weighted by molar-refractivity contribution is 0.0882. The summed E-state index contributed by atoms with van der Waals surface area (Å²) in [6.45, 7) is 6.94. The first-order chi connectivity index (χ1) is 10.7. The Hall–Kier alpha value is -2.20. The van der Waals surface area contributed by atoms with Crippen molar-refractivity contribution >= 4 is 0 Å². The fourth-order valence-corrected chi connectivity index (χ4v) is 3.12. The van der Waals surface area contributed by atoms with Gasteiger partial charge in [0.15, 0.2) is 11.5 Å². The van der Waals surface area contributed by atoms with Gasteiger partial charge in [0, 0.05) is 18.7 Å². The van der Waals surface area contributed by atoms with Gasteiger partial charge in [-0.3, -0.25) is 4.90 Å². The zero-order chi connectivity index (χ0) is 15.1. The highest BCUT2D eigenvalue weighted by atomic mass is 16.7. The van der Waals surface area contributed by atoms with E-state index >= 15 is 0 Å². The Morgan fingerprint density at radius 3 is 2.73 bits per heavy atom. The topological polar surface area (TPSA) is 30.9 Å². The summed E-state index contributed by atoms with van der Waals surface area (Å²) in [7, 11) is 0. The van der Waals surface area contributed by atoms with Crippen LogP contribution in [0.15, 0.2) is 30.3 Å². The Morgan fingerprint density at radius 1 is 0.955 bits per heavy atom. The molecule has 0 radical (unpaired) electrons. The van der Waals surface area contributed by atoms with Crippen LogP contribution >= 0.6 is 0 Å². The summed E-state index contributed by atoms with van der Waals surface area (Å²) in [5.74, 6) is 2.69. The van der Waals surface area contributed by atoms with E-state index in [1.807, 2.05) is 6.07 Å². The number of nitrogens with zero attached hydrogens (tertiary/aromatic N) is 1. The van der Waals surface area contributed by atoms with E-state index in [4.69, 9.17) is 14.2 Å². The first kappa shape index (κ1) is 13.5. The number of hydrogen-bond acceptors (Lipinski definition) is 4. The van der Waals surface area contributed by atoms with E-state index in [1.54, 1.807) is 0 Å². The van der Waals surface area contributed by atoms with Crippen LogP contribution in [-0.4, -0.2) is 18.4 Å². The van der Waals surface area contributed by atoms with Gasteiger partial charge in [-0.25, -0.2) is 0 Å². The zero-order valence-corrected chi connectivity index (χ0v) is 12.9. The fraction of sp³-hybridized carbons (Fsp3) is 0.333.